The number of nitrogens with zero attached hydrogens (tertiary/aromatic N) is 1. The average Bonchev–Trinajstić information content (AvgIpc) is 3.84. The van der Waals surface area contributed by atoms with Gasteiger partial charge in [0.25, 0.3) is 0 Å². The number of amides is 11. The van der Waals surface area contributed by atoms with Crippen molar-refractivity contribution in [3.05, 3.63) is 29.8 Å². The summed E-state index contributed by atoms with van der Waals surface area (Å²) < 4.78 is 0. The number of nitrogens with one attached hydrogen (secondary N) is 7. The fourth-order valence-electron chi connectivity index (χ4n) is 8.89. The first kappa shape index (κ1) is 62.9. The molecule has 2 saturated heterocycles. The number of aliphatic carboxylic acids is 1. The van der Waals surface area contributed by atoms with Crippen molar-refractivity contribution in [3.63, 3.8) is 0 Å². The molecule has 0 radical (unpaired) electrons. The molecule has 11 amide bonds. The molecular formula is C50H77N11O15. The summed E-state index contributed by atoms with van der Waals surface area (Å²) in [6, 6.07) is -7.69. The smallest absolute Gasteiger partial charge is 0.305 e. The molecule has 2 fully saturated rings. The molecule has 422 valence electrons. The largest absolute Gasteiger partial charge is 0.508 e. The Morgan fingerprint density at radius 3 is 1.62 bits per heavy atom. The Bertz CT molecular complexity index is 2210. The number of fused-ring (bicyclic) bond motifs is 1. The van der Waals surface area contributed by atoms with E-state index in [2.05, 4.69) is 51.1 Å². The third kappa shape index (κ3) is 22.6. The van der Waals surface area contributed by atoms with Crippen LogP contribution in [-0.4, -0.2) is 153 Å². The lowest BCUT2D eigenvalue weighted by molar-refractivity contribution is -0.143. The van der Waals surface area contributed by atoms with E-state index < -0.39 is 164 Å². The highest BCUT2D eigenvalue weighted by atomic mass is 16.4. The Morgan fingerprint density at radius 1 is 0.592 bits per heavy atom. The van der Waals surface area contributed by atoms with Crippen molar-refractivity contribution in [2.45, 2.75) is 184 Å². The van der Waals surface area contributed by atoms with Crippen molar-refractivity contribution in [2.24, 2.45) is 23.1 Å². The number of benzene rings is 1. The number of aliphatic hydroxyl groups is 1. The van der Waals surface area contributed by atoms with Crippen LogP contribution in [0.2, 0.25) is 0 Å². The molecule has 2 aliphatic heterocycles. The molecule has 1 aromatic rings. The number of unbranched alkanes of at least 4 members (excludes halogenated alkanes) is 7. The number of carbonyl (C=O) groups excluding carboxylic acids is 11. The summed E-state index contributed by atoms with van der Waals surface area (Å²) in [6.07, 6.45) is 4.15. The van der Waals surface area contributed by atoms with E-state index in [4.69, 9.17) is 17.2 Å². The fraction of sp³-hybridized carbons (Fsp3) is 0.640. The molecule has 0 saturated carbocycles. The van der Waals surface area contributed by atoms with Crippen LogP contribution in [0, 0.1) is 5.92 Å². The number of aromatic hydroxyl groups is 1. The molecule has 26 nitrogen and oxygen atoms in total. The number of carboxylic acids is 1. The van der Waals surface area contributed by atoms with E-state index in [1.165, 1.54) is 24.3 Å². The molecule has 2 aliphatic rings. The summed E-state index contributed by atoms with van der Waals surface area (Å²) in [7, 11) is 0. The van der Waals surface area contributed by atoms with Crippen LogP contribution in [0.25, 0.3) is 0 Å². The van der Waals surface area contributed by atoms with Crippen LogP contribution < -0.4 is 54.4 Å². The van der Waals surface area contributed by atoms with Crippen molar-refractivity contribution in [2.75, 3.05) is 13.2 Å². The van der Waals surface area contributed by atoms with E-state index in [-0.39, 0.29) is 38.0 Å². The Labute approximate surface area is 440 Å². The molecule has 0 aromatic heterocycles. The number of phenols is 1. The monoisotopic (exact) mass is 1070 g/mol. The normalized spacial score (nSPS) is 23.8. The van der Waals surface area contributed by atoms with Gasteiger partial charge in [-0.15, -0.1) is 0 Å². The lowest BCUT2D eigenvalue weighted by atomic mass is 10.0. The van der Waals surface area contributed by atoms with Crippen molar-refractivity contribution in [1.29, 1.82) is 0 Å². The zero-order valence-corrected chi connectivity index (χ0v) is 43.3. The van der Waals surface area contributed by atoms with E-state index in [9.17, 15) is 72.9 Å². The molecule has 0 spiro atoms. The number of carboxylic acid groups (broad SMARTS) is 1. The molecule has 16 N–H and O–H groups in total. The van der Waals surface area contributed by atoms with Gasteiger partial charge in [0.05, 0.1) is 25.9 Å². The Hall–Kier alpha value is -7.38. The Balaban J connectivity index is 2.10. The molecule has 76 heavy (non-hydrogen) atoms. The predicted octanol–water partition coefficient (Wildman–Crippen LogP) is -2.24. The van der Waals surface area contributed by atoms with E-state index in [1.54, 1.807) is 0 Å². The van der Waals surface area contributed by atoms with Crippen LogP contribution >= 0.6 is 0 Å². The van der Waals surface area contributed by atoms with Crippen molar-refractivity contribution in [1.82, 2.24) is 42.1 Å². The molecule has 0 bridgehead atoms. The number of hydrogen-bond donors (Lipinski definition) is 13. The number of hydrogen-bond acceptors (Lipinski definition) is 14. The van der Waals surface area contributed by atoms with E-state index in [1.807, 2.05) is 0 Å². The van der Waals surface area contributed by atoms with Gasteiger partial charge in [-0.3, -0.25) is 57.5 Å². The fourth-order valence-corrected chi connectivity index (χ4v) is 8.89. The minimum Gasteiger partial charge on any atom is -0.508 e. The summed E-state index contributed by atoms with van der Waals surface area (Å²) in [5.41, 5.74) is 16.6. The van der Waals surface area contributed by atoms with E-state index >= 15 is 0 Å². The van der Waals surface area contributed by atoms with Crippen molar-refractivity contribution >= 4 is 70.9 Å². The minimum atomic E-state index is -1.88. The summed E-state index contributed by atoms with van der Waals surface area (Å²) in [5.74, 6) is -12.7. The standard InChI is InChI=1S/C50H77N11O15/c1-28(2)12-9-7-5-3-4-6-8-10-13-30-23-42(67)55-36(26-43(68)69)47(73)57-33(22-29-15-17-31(63)18-16-29)44(70)58-34(24-40(52)65)45(71)56-32(19-20-39(51)64)50(76)61-21-11-14-38(61)49(75)59-35(25-41(53)66)46(72)60-37(27-62)48(74)54-30/h15-18,28,30,32-38,62-63H,3-14,19-27H2,1-2H3,(H2,51,64)(H2,52,65)(H2,53,66)(H,54,74)(H,55,67)(H,56,71)(H,57,73)(H,58,70)(H,59,75)(H,60,72)(H,68,69)/t30-,32-,33+,34-,35+,36+,37-,38+/m0/s1. The highest BCUT2D eigenvalue weighted by Crippen LogP contribution is 2.21. The zero-order valence-electron chi connectivity index (χ0n) is 43.3. The molecule has 0 unspecified atom stereocenters. The van der Waals surface area contributed by atoms with Gasteiger partial charge in [-0.05, 0) is 49.3 Å². The predicted molar refractivity (Wildman–Crippen MR) is 271 cm³/mol. The van der Waals surface area contributed by atoms with Crippen LogP contribution in [0.5, 0.6) is 5.75 Å². The van der Waals surface area contributed by atoms with Crippen molar-refractivity contribution < 1.29 is 72.9 Å². The van der Waals surface area contributed by atoms with Crippen LogP contribution in [0.4, 0.5) is 0 Å². The second-order valence-electron chi connectivity index (χ2n) is 19.8. The van der Waals surface area contributed by atoms with Gasteiger partial charge in [0.2, 0.25) is 65.0 Å². The lowest BCUT2D eigenvalue weighted by Crippen LogP contribution is -2.60. The molecule has 1 aromatic carbocycles. The van der Waals surface area contributed by atoms with Gasteiger partial charge in [-0.25, -0.2) is 0 Å². The number of aliphatic hydroxyl groups excluding tert-OH is 1. The third-order valence-corrected chi connectivity index (χ3v) is 12.9. The molecule has 3 rings (SSSR count). The Kier molecular flexibility index (Phi) is 26.6. The van der Waals surface area contributed by atoms with Gasteiger partial charge in [-0.1, -0.05) is 83.8 Å². The first-order valence-electron chi connectivity index (χ1n) is 25.8. The van der Waals surface area contributed by atoms with Crippen LogP contribution in [0.3, 0.4) is 0 Å². The van der Waals surface area contributed by atoms with Gasteiger partial charge in [0.1, 0.15) is 48.0 Å². The molecule has 0 aliphatic carbocycles. The van der Waals surface area contributed by atoms with Gasteiger partial charge in [-0.2, -0.15) is 0 Å². The quantitative estimate of drug-likeness (QED) is 0.0516. The number of phenolic OH excluding ortho intramolecular Hbond substituents is 1. The molecule has 2 heterocycles. The number of rotatable bonds is 23. The highest BCUT2D eigenvalue weighted by Gasteiger charge is 2.41. The maximum absolute atomic E-state index is 14.3. The Morgan fingerprint density at radius 2 is 1.08 bits per heavy atom. The first-order valence-corrected chi connectivity index (χ1v) is 25.8. The minimum absolute atomic E-state index is 0.00410. The number of primary amides is 3. The van der Waals surface area contributed by atoms with E-state index in [0.717, 1.165) is 49.8 Å². The zero-order chi connectivity index (χ0) is 56.5. The number of carbonyl (C=O) groups is 12. The molecule has 8 atom stereocenters. The lowest BCUT2D eigenvalue weighted by Gasteiger charge is -2.31. The summed E-state index contributed by atoms with van der Waals surface area (Å²) >= 11 is 0. The number of nitrogens with two attached hydrogens (primary N) is 3. The first-order chi connectivity index (χ1) is 36.0. The summed E-state index contributed by atoms with van der Waals surface area (Å²) in [4.78, 5) is 162. The third-order valence-electron chi connectivity index (χ3n) is 12.9. The van der Waals surface area contributed by atoms with Gasteiger partial charge < -0.3 is 74.6 Å². The van der Waals surface area contributed by atoms with Crippen LogP contribution in [-0.2, 0) is 64.0 Å². The second-order valence-corrected chi connectivity index (χ2v) is 19.8. The molecular weight excluding hydrogens is 995 g/mol. The van der Waals surface area contributed by atoms with Crippen molar-refractivity contribution in [3.8, 4) is 5.75 Å². The maximum atomic E-state index is 14.3. The average molecular weight is 1070 g/mol. The highest BCUT2D eigenvalue weighted by molar-refractivity contribution is 6.00. The van der Waals surface area contributed by atoms with Crippen LogP contribution in [0.15, 0.2) is 24.3 Å². The topological polar surface area (TPSA) is 431 Å². The second kappa shape index (κ2) is 32.1. The van der Waals surface area contributed by atoms with Gasteiger partial charge in [0, 0.05) is 31.8 Å². The summed E-state index contributed by atoms with van der Waals surface area (Å²) in [6.45, 7) is 3.24. The van der Waals surface area contributed by atoms with Gasteiger partial charge in [0.15, 0.2) is 0 Å². The summed E-state index contributed by atoms with van der Waals surface area (Å²) in [5, 5.41) is 46.9. The SMILES string of the molecule is CC(C)CCCCCCCCCC[C@H]1CC(=O)N[C@H](CC(=O)O)C(=O)N[C@H](Cc2ccc(O)cc2)C(=O)N[C@@H](CC(N)=O)C(=O)N[C@@H](CCC(N)=O)C(=O)N2CCC[C@@H]2C(=O)N[C@H](CC(N)=O)C(=O)N[C@@H](CO)C(=O)N1. The van der Waals surface area contributed by atoms with Gasteiger partial charge >= 0.3 is 5.97 Å². The maximum Gasteiger partial charge on any atom is 0.305 e. The molecule has 26 heteroatoms. The van der Waals surface area contributed by atoms with E-state index in [0.29, 0.717) is 24.3 Å². The van der Waals surface area contributed by atoms with Crippen LogP contribution in [0.1, 0.15) is 135 Å².